The van der Waals surface area contributed by atoms with Crippen LogP contribution in [0.4, 0.5) is 11.4 Å². The van der Waals surface area contributed by atoms with Crippen LogP contribution in [0.15, 0.2) is 122 Å². The number of benzene rings is 4. The van der Waals surface area contributed by atoms with Crippen molar-refractivity contribution in [3.63, 3.8) is 0 Å². The number of likely N-dealkylation sites (tertiary alicyclic amines) is 1. The number of nitrogens with zero attached hydrogens (tertiary/aromatic N) is 3. The molecule has 2 fully saturated rings. The zero-order chi connectivity index (χ0) is 34.8. The molecule has 3 heterocycles. The van der Waals surface area contributed by atoms with E-state index in [2.05, 4.69) is 93.0 Å². The highest BCUT2D eigenvalue weighted by Crippen LogP contribution is 2.30. The Hall–Kier alpha value is -4.78. The summed E-state index contributed by atoms with van der Waals surface area (Å²) in [6, 6.07) is 34.6. The van der Waals surface area contributed by atoms with E-state index >= 15 is 0 Å². The lowest BCUT2D eigenvalue weighted by Gasteiger charge is -2.32. The molecule has 1 saturated heterocycles. The summed E-state index contributed by atoms with van der Waals surface area (Å²) in [6.07, 6.45) is 17.8. The maximum atomic E-state index is 5.89. The second-order valence-electron chi connectivity index (χ2n) is 14.7. The van der Waals surface area contributed by atoms with Gasteiger partial charge in [0.25, 0.3) is 0 Å². The first-order valence-electron chi connectivity index (χ1n) is 18.8. The van der Waals surface area contributed by atoms with Gasteiger partial charge in [-0.25, -0.2) is 0 Å². The number of pyridine rings is 2. The molecule has 0 atom stereocenters. The predicted octanol–water partition coefficient (Wildman–Crippen LogP) is 8.98. The quantitative estimate of drug-likeness (QED) is 0.132. The van der Waals surface area contributed by atoms with Crippen LogP contribution in [-0.2, 0) is 25.9 Å². The summed E-state index contributed by atoms with van der Waals surface area (Å²) in [6.45, 7) is 4.27. The number of nitrogens with two attached hydrogens (primary N) is 2. The molecule has 51 heavy (non-hydrogen) atoms. The van der Waals surface area contributed by atoms with Gasteiger partial charge in [0.05, 0.1) is 0 Å². The molecule has 2 aliphatic rings. The molecular weight excluding hydrogens is 625 g/mol. The van der Waals surface area contributed by atoms with Crippen LogP contribution >= 0.6 is 0 Å². The fourth-order valence-electron chi connectivity index (χ4n) is 8.19. The van der Waals surface area contributed by atoms with Gasteiger partial charge in [0.2, 0.25) is 0 Å². The highest BCUT2D eigenvalue weighted by Gasteiger charge is 2.22. The number of anilines is 2. The molecule has 262 valence electrons. The lowest BCUT2D eigenvalue weighted by atomic mass is 9.81. The van der Waals surface area contributed by atoms with Crippen LogP contribution in [0, 0.1) is 11.8 Å². The van der Waals surface area contributed by atoms with Crippen molar-refractivity contribution in [3.05, 3.63) is 144 Å². The molecule has 6 aromatic rings. The maximum Gasteiger partial charge on any atom is 0.0346 e. The average molecular weight is 677 g/mol. The Morgan fingerprint density at radius 3 is 1.71 bits per heavy atom. The number of nitrogen functional groups attached to an aromatic ring is 2. The molecule has 6 heteroatoms. The molecule has 1 aliphatic heterocycles. The first-order chi connectivity index (χ1) is 25.1. The number of rotatable bonds is 9. The van der Waals surface area contributed by atoms with Gasteiger partial charge in [-0.3, -0.25) is 14.9 Å². The van der Waals surface area contributed by atoms with Gasteiger partial charge in [0, 0.05) is 66.1 Å². The third kappa shape index (κ3) is 9.52. The Balaban J connectivity index is 0.000000159. The zero-order valence-corrected chi connectivity index (χ0v) is 29.8. The first kappa shape index (κ1) is 34.7. The zero-order valence-electron chi connectivity index (χ0n) is 29.8. The van der Waals surface area contributed by atoms with Crippen LogP contribution in [0.2, 0.25) is 0 Å². The molecule has 1 saturated carbocycles. The second kappa shape index (κ2) is 17.0. The molecular formula is C45H52N6. The average Bonchev–Trinajstić information content (AvgIpc) is 3.16. The van der Waals surface area contributed by atoms with E-state index in [0.29, 0.717) is 6.04 Å². The topological polar surface area (TPSA) is 93.1 Å². The summed E-state index contributed by atoms with van der Waals surface area (Å²) in [4.78, 5) is 11.0. The van der Waals surface area contributed by atoms with Crippen molar-refractivity contribution < 1.29 is 0 Å². The Morgan fingerprint density at radius 1 is 0.588 bits per heavy atom. The van der Waals surface area contributed by atoms with E-state index in [1.165, 1.54) is 108 Å². The SMILES string of the molecule is Nc1cccc(CN2CCC(Cc3cccc4cnccc34)CC2)c1.Nc1cccc(CNC2CCC(Cc3cccc4cnccc34)CC2)c1. The number of hydrogen-bond donors (Lipinski definition) is 3. The van der Waals surface area contributed by atoms with Crippen molar-refractivity contribution in [2.24, 2.45) is 11.8 Å². The molecule has 6 nitrogen and oxygen atoms in total. The van der Waals surface area contributed by atoms with Crippen molar-refractivity contribution in [1.82, 2.24) is 20.2 Å². The van der Waals surface area contributed by atoms with E-state index < -0.39 is 0 Å². The molecule has 0 bridgehead atoms. The van der Waals surface area contributed by atoms with Crippen molar-refractivity contribution in [3.8, 4) is 0 Å². The number of hydrogen-bond acceptors (Lipinski definition) is 6. The lowest BCUT2D eigenvalue weighted by molar-refractivity contribution is 0.177. The molecule has 0 unspecified atom stereocenters. The van der Waals surface area contributed by atoms with Gasteiger partial charge in [-0.05, 0) is 146 Å². The standard InChI is InChI=1S/C23H27N3.C22H25N3/c24-21-6-1-3-18(14-21)15-26-22-9-7-17(8-10-22)13-19-4-2-5-20-16-25-12-11-23(19)20;23-21-6-1-3-18(14-21)16-25-11-8-17(9-12-25)13-19-4-2-5-20-15-24-10-7-22(19)20/h1-6,11-12,14,16-17,22,26H,7-10,13,15,24H2;1-7,10,14-15,17H,8-9,11-13,16,23H2. The fraction of sp³-hybridized carbons (Fsp3) is 0.333. The number of nitrogens with one attached hydrogen (secondary N) is 1. The third-order valence-corrected chi connectivity index (χ3v) is 11.0. The normalized spacial score (nSPS) is 18.4. The van der Waals surface area contributed by atoms with Crippen molar-refractivity contribution in [2.75, 3.05) is 24.6 Å². The van der Waals surface area contributed by atoms with Crippen LogP contribution in [0.1, 0.15) is 60.8 Å². The number of piperidine rings is 1. The summed E-state index contributed by atoms with van der Waals surface area (Å²) in [5.41, 5.74) is 19.0. The smallest absolute Gasteiger partial charge is 0.0346 e. The van der Waals surface area contributed by atoms with Gasteiger partial charge in [0.1, 0.15) is 0 Å². The summed E-state index contributed by atoms with van der Waals surface area (Å²) in [5.74, 6) is 1.56. The molecule has 2 aromatic heterocycles. The van der Waals surface area contributed by atoms with E-state index in [9.17, 15) is 0 Å². The van der Waals surface area contributed by atoms with Crippen LogP contribution in [-0.4, -0.2) is 34.0 Å². The minimum atomic E-state index is 0.629. The highest BCUT2D eigenvalue weighted by molar-refractivity contribution is 5.85. The monoisotopic (exact) mass is 676 g/mol. The van der Waals surface area contributed by atoms with E-state index in [1.807, 2.05) is 49.1 Å². The third-order valence-electron chi connectivity index (χ3n) is 11.0. The van der Waals surface area contributed by atoms with Gasteiger partial charge in [-0.15, -0.1) is 0 Å². The van der Waals surface area contributed by atoms with Gasteiger partial charge in [0.15, 0.2) is 0 Å². The van der Waals surface area contributed by atoms with Gasteiger partial charge < -0.3 is 16.8 Å². The van der Waals surface area contributed by atoms with E-state index in [4.69, 9.17) is 11.5 Å². The Bertz CT molecular complexity index is 2000. The van der Waals surface area contributed by atoms with Gasteiger partial charge in [-0.1, -0.05) is 60.7 Å². The first-order valence-corrected chi connectivity index (χ1v) is 18.8. The molecule has 0 radical (unpaired) electrons. The summed E-state index contributed by atoms with van der Waals surface area (Å²) in [5, 5.41) is 8.94. The minimum Gasteiger partial charge on any atom is -0.399 e. The lowest BCUT2D eigenvalue weighted by Crippen LogP contribution is -2.33. The van der Waals surface area contributed by atoms with Crippen molar-refractivity contribution in [2.45, 2.75) is 70.5 Å². The Morgan fingerprint density at radius 2 is 1.12 bits per heavy atom. The van der Waals surface area contributed by atoms with Crippen LogP contribution in [0.3, 0.4) is 0 Å². The second-order valence-corrected chi connectivity index (χ2v) is 14.7. The molecule has 8 rings (SSSR count). The van der Waals surface area contributed by atoms with E-state index in [0.717, 1.165) is 36.3 Å². The number of fused-ring (bicyclic) bond motifs is 2. The molecule has 4 aromatic carbocycles. The highest BCUT2D eigenvalue weighted by atomic mass is 15.1. The maximum absolute atomic E-state index is 5.89. The molecule has 5 N–H and O–H groups in total. The largest absolute Gasteiger partial charge is 0.399 e. The van der Waals surface area contributed by atoms with Crippen LogP contribution < -0.4 is 16.8 Å². The predicted molar refractivity (Wildman–Crippen MR) is 213 cm³/mol. The van der Waals surface area contributed by atoms with Crippen LogP contribution in [0.5, 0.6) is 0 Å². The molecule has 1 aliphatic carbocycles. The van der Waals surface area contributed by atoms with Crippen molar-refractivity contribution in [1.29, 1.82) is 0 Å². The summed E-state index contributed by atoms with van der Waals surface area (Å²) < 4.78 is 0. The fourth-order valence-corrected chi connectivity index (χ4v) is 8.19. The summed E-state index contributed by atoms with van der Waals surface area (Å²) in [7, 11) is 0. The minimum absolute atomic E-state index is 0.629. The van der Waals surface area contributed by atoms with Gasteiger partial charge in [-0.2, -0.15) is 0 Å². The molecule has 0 spiro atoms. The molecule has 0 amide bonds. The van der Waals surface area contributed by atoms with Crippen molar-refractivity contribution >= 4 is 32.9 Å². The van der Waals surface area contributed by atoms with E-state index in [1.54, 1.807) is 0 Å². The number of aromatic nitrogens is 2. The van der Waals surface area contributed by atoms with E-state index in [-0.39, 0.29) is 0 Å². The van der Waals surface area contributed by atoms with Gasteiger partial charge >= 0.3 is 0 Å². The summed E-state index contributed by atoms with van der Waals surface area (Å²) >= 11 is 0. The Kier molecular flexibility index (Phi) is 11.5. The van der Waals surface area contributed by atoms with Crippen LogP contribution in [0.25, 0.3) is 21.5 Å². The Labute approximate surface area is 303 Å².